The molecule has 0 bridgehead atoms. The molecule has 0 aliphatic carbocycles. The fraction of sp³-hybridized carbons (Fsp3) is 0.471. The maximum atomic E-state index is 12.4. The lowest BCUT2D eigenvalue weighted by atomic mass is 9.98. The summed E-state index contributed by atoms with van der Waals surface area (Å²) in [5, 5.41) is 11.5. The van der Waals surface area contributed by atoms with E-state index in [9.17, 15) is 14.4 Å². The van der Waals surface area contributed by atoms with Crippen molar-refractivity contribution in [2.24, 2.45) is 0 Å². The molecular weight excluding hydrogens is 376 g/mol. The van der Waals surface area contributed by atoms with Crippen LogP contribution in [-0.2, 0) is 9.59 Å². The standard InChI is InChI=1S/C17H21BrN2O4/c18-13-6-4-12(5-7-13)17(24)19-11-15(21)20-10-2-1-3-14(20)8-9-16(22)23/h4-7,14H,1-3,8-11H2,(H,19,24)(H,22,23). The number of carbonyl (C=O) groups excluding carboxylic acids is 2. The minimum atomic E-state index is -0.850. The third-order valence-corrected chi connectivity index (χ3v) is 4.67. The molecule has 2 amide bonds. The number of hydrogen-bond donors (Lipinski definition) is 2. The summed E-state index contributed by atoms with van der Waals surface area (Å²) in [5.41, 5.74) is 0.493. The molecule has 1 saturated heterocycles. The molecule has 0 saturated carbocycles. The van der Waals surface area contributed by atoms with Crippen molar-refractivity contribution < 1.29 is 19.5 Å². The molecule has 0 radical (unpaired) electrons. The summed E-state index contributed by atoms with van der Waals surface area (Å²) < 4.78 is 0.879. The van der Waals surface area contributed by atoms with E-state index in [1.54, 1.807) is 29.2 Å². The Morgan fingerprint density at radius 1 is 1.21 bits per heavy atom. The van der Waals surface area contributed by atoms with Gasteiger partial charge in [0.15, 0.2) is 0 Å². The van der Waals surface area contributed by atoms with Gasteiger partial charge in [0.25, 0.3) is 5.91 Å². The van der Waals surface area contributed by atoms with Gasteiger partial charge in [-0.2, -0.15) is 0 Å². The smallest absolute Gasteiger partial charge is 0.303 e. The number of carboxylic acid groups (broad SMARTS) is 1. The number of amides is 2. The average molecular weight is 397 g/mol. The van der Waals surface area contributed by atoms with E-state index in [1.165, 1.54) is 0 Å². The molecule has 6 nitrogen and oxygen atoms in total. The molecule has 2 rings (SSSR count). The molecule has 1 aliphatic rings. The highest BCUT2D eigenvalue weighted by Gasteiger charge is 2.27. The lowest BCUT2D eigenvalue weighted by Gasteiger charge is -2.35. The Balaban J connectivity index is 1.88. The molecular formula is C17H21BrN2O4. The lowest BCUT2D eigenvalue weighted by Crippen LogP contribution is -2.48. The number of carbonyl (C=O) groups is 3. The highest BCUT2D eigenvalue weighted by molar-refractivity contribution is 9.10. The summed E-state index contributed by atoms with van der Waals surface area (Å²) in [6.07, 6.45) is 3.25. The third-order valence-electron chi connectivity index (χ3n) is 4.15. The van der Waals surface area contributed by atoms with Gasteiger partial charge in [-0.25, -0.2) is 0 Å². The Kier molecular flexibility index (Phi) is 6.78. The average Bonchev–Trinajstić information content (AvgIpc) is 2.58. The second-order valence-electron chi connectivity index (χ2n) is 5.86. The van der Waals surface area contributed by atoms with Gasteiger partial charge >= 0.3 is 5.97 Å². The topological polar surface area (TPSA) is 86.7 Å². The summed E-state index contributed by atoms with van der Waals surface area (Å²) >= 11 is 3.31. The fourth-order valence-corrected chi connectivity index (χ4v) is 3.14. The van der Waals surface area contributed by atoms with Gasteiger partial charge in [0.1, 0.15) is 0 Å². The Bertz CT molecular complexity index is 603. The molecule has 1 heterocycles. The molecule has 0 spiro atoms. The van der Waals surface area contributed by atoms with Crippen molar-refractivity contribution in [3.8, 4) is 0 Å². The molecule has 0 aromatic heterocycles. The van der Waals surface area contributed by atoms with E-state index in [1.807, 2.05) is 0 Å². The SMILES string of the molecule is O=C(O)CCC1CCCCN1C(=O)CNC(=O)c1ccc(Br)cc1. The maximum Gasteiger partial charge on any atom is 0.303 e. The number of carboxylic acids is 1. The number of halogens is 1. The zero-order valence-corrected chi connectivity index (χ0v) is 14.9. The predicted octanol–water partition coefficient (Wildman–Crippen LogP) is 2.42. The normalized spacial score (nSPS) is 17.4. The molecule has 2 N–H and O–H groups in total. The Labute approximate surface area is 149 Å². The molecule has 1 aromatic rings. The quantitative estimate of drug-likeness (QED) is 0.772. The first-order valence-corrected chi connectivity index (χ1v) is 8.81. The van der Waals surface area contributed by atoms with E-state index < -0.39 is 5.97 Å². The van der Waals surface area contributed by atoms with Gasteiger partial charge in [0.2, 0.25) is 5.91 Å². The third kappa shape index (κ3) is 5.33. The number of hydrogen-bond acceptors (Lipinski definition) is 3. The van der Waals surface area contributed by atoms with Crippen LogP contribution in [0, 0.1) is 0 Å². The van der Waals surface area contributed by atoms with Crippen LogP contribution in [0.15, 0.2) is 28.7 Å². The van der Waals surface area contributed by atoms with Gasteiger partial charge in [-0.15, -0.1) is 0 Å². The van der Waals surface area contributed by atoms with Gasteiger partial charge in [-0.05, 0) is 49.9 Å². The highest BCUT2D eigenvalue weighted by Crippen LogP contribution is 2.21. The predicted molar refractivity (Wildman–Crippen MR) is 92.7 cm³/mol. The van der Waals surface area contributed by atoms with Crippen molar-refractivity contribution >= 4 is 33.7 Å². The molecule has 7 heteroatoms. The molecule has 24 heavy (non-hydrogen) atoms. The van der Waals surface area contributed by atoms with Crippen LogP contribution in [0.25, 0.3) is 0 Å². The van der Waals surface area contributed by atoms with Crippen molar-refractivity contribution in [1.82, 2.24) is 10.2 Å². The second kappa shape index (κ2) is 8.82. The van der Waals surface area contributed by atoms with Crippen LogP contribution < -0.4 is 5.32 Å². The molecule has 1 atom stereocenters. The molecule has 1 fully saturated rings. The number of benzene rings is 1. The van der Waals surface area contributed by atoms with E-state index >= 15 is 0 Å². The first-order chi connectivity index (χ1) is 11.5. The van der Waals surface area contributed by atoms with E-state index in [0.717, 1.165) is 23.7 Å². The maximum absolute atomic E-state index is 12.4. The van der Waals surface area contributed by atoms with Gasteiger partial charge < -0.3 is 15.3 Å². The van der Waals surface area contributed by atoms with Gasteiger partial charge in [-0.3, -0.25) is 14.4 Å². The number of nitrogens with zero attached hydrogens (tertiary/aromatic N) is 1. The van der Waals surface area contributed by atoms with Crippen LogP contribution >= 0.6 is 15.9 Å². The summed E-state index contributed by atoms with van der Waals surface area (Å²) in [6, 6.07) is 6.85. The minimum absolute atomic E-state index is 0.0491. The lowest BCUT2D eigenvalue weighted by molar-refractivity contribution is -0.139. The first-order valence-electron chi connectivity index (χ1n) is 8.02. The van der Waals surface area contributed by atoms with E-state index in [0.29, 0.717) is 18.5 Å². The second-order valence-corrected chi connectivity index (χ2v) is 6.77. The van der Waals surface area contributed by atoms with Crippen LogP contribution in [0.5, 0.6) is 0 Å². The zero-order chi connectivity index (χ0) is 17.5. The fourth-order valence-electron chi connectivity index (χ4n) is 2.88. The number of piperidine rings is 1. The minimum Gasteiger partial charge on any atom is -0.481 e. The van der Waals surface area contributed by atoms with Crippen LogP contribution in [0.4, 0.5) is 0 Å². The monoisotopic (exact) mass is 396 g/mol. The summed E-state index contributed by atoms with van der Waals surface area (Å²) in [6.45, 7) is 0.551. The number of aliphatic carboxylic acids is 1. The van der Waals surface area contributed by atoms with Crippen molar-refractivity contribution in [3.05, 3.63) is 34.3 Å². The van der Waals surface area contributed by atoms with Gasteiger partial charge in [0, 0.05) is 29.0 Å². The number of likely N-dealkylation sites (tertiary alicyclic amines) is 1. The molecule has 130 valence electrons. The Morgan fingerprint density at radius 3 is 2.58 bits per heavy atom. The van der Waals surface area contributed by atoms with E-state index in [4.69, 9.17) is 5.11 Å². The van der Waals surface area contributed by atoms with Crippen molar-refractivity contribution in [2.45, 2.75) is 38.1 Å². The number of rotatable bonds is 6. The van der Waals surface area contributed by atoms with Crippen molar-refractivity contribution in [3.63, 3.8) is 0 Å². The van der Waals surface area contributed by atoms with Crippen LogP contribution in [-0.4, -0.2) is 46.9 Å². The largest absolute Gasteiger partial charge is 0.481 e. The summed E-state index contributed by atoms with van der Waals surface area (Å²) in [7, 11) is 0. The summed E-state index contributed by atoms with van der Waals surface area (Å²) in [4.78, 5) is 36.9. The number of nitrogens with one attached hydrogen (secondary N) is 1. The zero-order valence-electron chi connectivity index (χ0n) is 13.3. The summed E-state index contributed by atoms with van der Waals surface area (Å²) in [5.74, 6) is -1.30. The van der Waals surface area contributed by atoms with E-state index in [2.05, 4.69) is 21.2 Å². The Hall–Kier alpha value is -1.89. The molecule has 1 aromatic carbocycles. The van der Waals surface area contributed by atoms with Crippen LogP contribution in [0.3, 0.4) is 0 Å². The van der Waals surface area contributed by atoms with Gasteiger partial charge in [0.05, 0.1) is 6.54 Å². The van der Waals surface area contributed by atoms with E-state index in [-0.39, 0.29) is 30.8 Å². The Morgan fingerprint density at radius 2 is 1.92 bits per heavy atom. The van der Waals surface area contributed by atoms with Crippen molar-refractivity contribution in [1.29, 1.82) is 0 Å². The first kappa shape index (κ1) is 18.4. The molecule has 1 aliphatic heterocycles. The van der Waals surface area contributed by atoms with Crippen molar-refractivity contribution in [2.75, 3.05) is 13.1 Å². The van der Waals surface area contributed by atoms with Gasteiger partial charge in [-0.1, -0.05) is 15.9 Å². The van der Waals surface area contributed by atoms with Crippen LogP contribution in [0.2, 0.25) is 0 Å². The molecule has 1 unspecified atom stereocenters. The highest BCUT2D eigenvalue weighted by atomic mass is 79.9. The van der Waals surface area contributed by atoms with Crippen LogP contribution in [0.1, 0.15) is 42.5 Å².